The van der Waals surface area contributed by atoms with Crippen LogP contribution in [0.1, 0.15) is 51.6 Å². The SMILES string of the molecule is CCc1ccc(C(=O)Nc2ccc(N3CCCC3)c(C(=O)NCCc3ccccc3)c2)cc1. The van der Waals surface area contributed by atoms with Crippen molar-refractivity contribution in [2.75, 3.05) is 29.9 Å². The Kier molecular flexibility index (Phi) is 7.40. The molecule has 1 aliphatic heterocycles. The Balaban J connectivity index is 1.49. The molecular weight excluding hydrogens is 410 g/mol. The highest BCUT2D eigenvalue weighted by atomic mass is 16.2. The quantitative estimate of drug-likeness (QED) is 0.513. The van der Waals surface area contributed by atoms with Crippen molar-refractivity contribution < 1.29 is 9.59 Å². The Morgan fingerprint density at radius 2 is 1.58 bits per heavy atom. The molecule has 0 aliphatic carbocycles. The van der Waals surface area contributed by atoms with Crippen LogP contribution < -0.4 is 15.5 Å². The zero-order chi connectivity index (χ0) is 23.0. The average molecular weight is 442 g/mol. The normalized spacial score (nSPS) is 13.1. The number of aryl methyl sites for hydroxylation is 1. The van der Waals surface area contributed by atoms with E-state index in [4.69, 9.17) is 0 Å². The molecule has 1 fully saturated rings. The van der Waals surface area contributed by atoms with Gasteiger partial charge in [0.25, 0.3) is 11.8 Å². The van der Waals surface area contributed by atoms with Gasteiger partial charge in [0.1, 0.15) is 0 Å². The first-order valence-corrected chi connectivity index (χ1v) is 11.8. The lowest BCUT2D eigenvalue weighted by molar-refractivity contribution is 0.0953. The van der Waals surface area contributed by atoms with Gasteiger partial charge in [0.2, 0.25) is 0 Å². The van der Waals surface area contributed by atoms with Gasteiger partial charge in [-0.2, -0.15) is 0 Å². The number of carbonyl (C=O) groups is 2. The Labute approximate surface area is 195 Å². The van der Waals surface area contributed by atoms with E-state index >= 15 is 0 Å². The lowest BCUT2D eigenvalue weighted by Gasteiger charge is -2.22. The second-order valence-electron chi connectivity index (χ2n) is 8.42. The molecule has 1 saturated heterocycles. The van der Waals surface area contributed by atoms with Gasteiger partial charge in [-0.1, -0.05) is 49.4 Å². The van der Waals surface area contributed by atoms with Crippen molar-refractivity contribution in [3.8, 4) is 0 Å². The van der Waals surface area contributed by atoms with E-state index < -0.39 is 0 Å². The lowest BCUT2D eigenvalue weighted by Crippen LogP contribution is -2.29. The minimum atomic E-state index is -0.179. The molecule has 0 atom stereocenters. The van der Waals surface area contributed by atoms with Crippen molar-refractivity contribution in [2.24, 2.45) is 0 Å². The van der Waals surface area contributed by atoms with Gasteiger partial charge in [-0.25, -0.2) is 0 Å². The standard InChI is InChI=1S/C28H31N3O2/c1-2-21-10-12-23(13-11-21)27(32)30-24-14-15-26(31-18-6-7-19-31)25(20-24)28(33)29-17-16-22-8-4-3-5-9-22/h3-5,8-15,20H,2,6-7,16-19H2,1H3,(H,29,33)(H,30,32). The summed E-state index contributed by atoms with van der Waals surface area (Å²) in [6.45, 7) is 4.53. The summed E-state index contributed by atoms with van der Waals surface area (Å²) in [6, 6.07) is 23.4. The molecular formula is C28H31N3O2. The van der Waals surface area contributed by atoms with Gasteiger partial charge in [-0.3, -0.25) is 9.59 Å². The Morgan fingerprint density at radius 3 is 2.27 bits per heavy atom. The maximum Gasteiger partial charge on any atom is 0.255 e. The third-order valence-electron chi connectivity index (χ3n) is 6.11. The van der Waals surface area contributed by atoms with E-state index in [9.17, 15) is 9.59 Å². The van der Waals surface area contributed by atoms with Crippen molar-refractivity contribution in [1.29, 1.82) is 0 Å². The van der Waals surface area contributed by atoms with Gasteiger partial charge in [0.15, 0.2) is 0 Å². The van der Waals surface area contributed by atoms with Crippen LogP contribution in [0.25, 0.3) is 0 Å². The molecule has 3 aromatic carbocycles. The summed E-state index contributed by atoms with van der Waals surface area (Å²) in [5.74, 6) is -0.293. The number of amides is 2. The van der Waals surface area contributed by atoms with Crippen molar-refractivity contribution in [3.05, 3.63) is 95.1 Å². The molecule has 0 aromatic heterocycles. The molecule has 33 heavy (non-hydrogen) atoms. The molecule has 5 heteroatoms. The van der Waals surface area contributed by atoms with Crippen LogP contribution in [-0.2, 0) is 12.8 Å². The van der Waals surface area contributed by atoms with Crippen LogP contribution in [0.3, 0.4) is 0 Å². The van der Waals surface area contributed by atoms with Crippen LogP contribution in [-0.4, -0.2) is 31.4 Å². The molecule has 0 spiro atoms. The monoisotopic (exact) mass is 441 g/mol. The second kappa shape index (κ2) is 10.8. The van der Waals surface area contributed by atoms with Crippen molar-refractivity contribution in [3.63, 3.8) is 0 Å². The van der Waals surface area contributed by atoms with Crippen LogP contribution in [0, 0.1) is 0 Å². The van der Waals surface area contributed by atoms with Crippen LogP contribution in [0.4, 0.5) is 11.4 Å². The molecule has 4 rings (SSSR count). The van der Waals surface area contributed by atoms with Gasteiger partial charge >= 0.3 is 0 Å². The first kappa shape index (κ1) is 22.6. The maximum atomic E-state index is 13.1. The molecule has 2 amide bonds. The molecule has 0 bridgehead atoms. The molecule has 1 heterocycles. The summed E-state index contributed by atoms with van der Waals surface area (Å²) in [5, 5.41) is 6.01. The van der Waals surface area contributed by atoms with Crippen LogP contribution in [0.15, 0.2) is 72.8 Å². The van der Waals surface area contributed by atoms with Crippen LogP contribution >= 0.6 is 0 Å². The predicted octanol–water partition coefficient (Wildman–Crippen LogP) is 5.07. The Morgan fingerprint density at radius 1 is 0.848 bits per heavy atom. The minimum Gasteiger partial charge on any atom is -0.371 e. The van der Waals surface area contributed by atoms with Gasteiger partial charge in [0.05, 0.1) is 5.56 Å². The first-order valence-electron chi connectivity index (χ1n) is 11.8. The fourth-order valence-electron chi connectivity index (χ4n) is 4.18. The average Bonchev–Trinajstić information content (AvgIpc) is 3.39. The summed E-state index contributed by atoms with van der Waals surface area (Å²) in [5.41, 5.74) is 5.13. The van der Waals surface area contributed by atoms with E-state index in [1.807, 2.05) is 54.6 Å². The van der Waals surface area contributed by atoms with E-state index in [-0.39, 0.29) is 11.8 Å². The highest BCUT2D eigenvalue weighted by Crippen LogP contribution is 2.28. The lowest BCUT2D eigenvalue weighted by atomic mass is 10.1. The Bertz CT molecular complexity index is 1090. The number of carbonyl (C=O) groups excluding carboxylic acids is 2. The smallest absolute Gasteiger partial charge is 0.255 e. The molecule has 170 valence electrons. The Hall–Kier alpha value is -3.60. The zero-order valence-corrected chi connectivity index (χ0v) is 19.1. The summed E-state index contributed by atoms with van der Waals surface area (Å²) in [7, 11) is 0. The first-order chi connectivity index (χ1) is 16.1. The number of nitrogens with zero attached hydrogens (tertiary/aromatic N) is 1. The van der Waals surface area contributed by atoms with Crippen molar-refractivity contribution in [2.45, 2.75) is 32.6 Å². The van der Waals surface area contributed by atoms with E-state index in [0.29, 0.717) is 23.4 Å². The topological polar surface area (TPSA) is 61.4 Å². The van der Waals surface area contributed by atoms with Crippen molar-refractivity contribution >= 4 is 23.2 Å². The number of anilines is 2. The largest absolute Gasteiger partial charge is 0.371 e. The van der Waals surface area contributed by atoms with E-state index in [2.05, 4.69) is 34.6 Å². The predicted molar refractivity (Wildman–Crippen MR) is 134 cm³/mol. The number of nitrogens with one attached hydrogen (secondary N) is 2. The van der Waals surface area contributed by atoms with Crippen LogP contribution in [0.2, 0.25) is 0 Å². The zero-order valence-electron chi connectivity index (χ0n) is 19.1. The van der Waals surface area contributed by atoms with Gasteiger partial charge < -0.3 is 15.5 Å². The second-order valence-corrected chi connectivity index (χ2v) is 8.42. The van der Waals surface area contributed by atoms with E-state index in [1.54, 1.807) is 6.07 Å². The minimum absolute atomic E-state index is 0.115. The van der Waals surface area contributed by atoms with E-state index in [1.165, 1.54) is 11.1 Å². The van der Waals surface area contributed by atoms with Gasteiger partial charge in [0, 0.05) is 36.6 Å². The van der Waals surface area contributed by atoms with Gasteiger partial charge in [-0.05, 0) is 67.1 Å². The third kappa shape index (κ3) is 5.80. The number of rotatable bonds is 8. The number of hydrogen-bond donors (Lipinski definition) is 2. The molecule has 5 nitrogen and oxygen atoms in total. The molecule has 0 unspecified atom stereocenters. The molecule has 0 radical (unpaired) electrons. The van der Waals surface area contributed by atoms with E-state index in [0.717, 1.165) is 44.5 Å². The highest BCUT2D eigenvalue weighted by Gasteiger charge is 2.20. The number of hydrogen-bond acceptors (Lipinski definition) is 3. The summed E-state index contributed by atoms with van der Waals surface area (Å²) < 4.78 is 0. The molecule has 1 aliphatic rings. The fraction of sp³-hybridized carbons (Fsp3) is 0.286. The molecule has 2 N–H and O–H groups in total. The fourth-order valence-corrected chi connectivity index (χ4v) is 4.18. The van der Waals surface area contributed by atoms with Gasteiger partial charge in [-0.15, -0.1) is 0 Å². The molecule has 0 saturated carbocycles. The summed E-state index contributed by atoms with van der Waals surface area (Å²) >= 11 is 0. The molecule has 3 aromatic rings. The summed E-state index contributed by atoms with van der Waals surface area (Å²) in [6.07, 6.45) is 3.96. The summed E-state index contributed by atoms with van der Waals surface area (Å²) in [4.78, 5) is 28.1. The maximum absolute atomic E-state index is 13.1. The highest BCUT2D eigenvalue weighted by molar-refractivity contribution is 6.06. The third-order valence-corrected chi connectivity index (χ3v) is 6.11. The van der Waals surface area contributed by atoms with Crippen molar-refractivity contribution in [1.82, 2.24) is 5.32 Å². The van der Waals surface area contributed by atoms with Crippen LogP contribution in [0.5, 0.6) is 0 Å². The number of benzene rings is 3.